The summed E-state index contributed by atoms with van der Waals surface area (Å²) < 4.78 is 30.3. The van der Waals surface area contributed by atoms with Gasteiger partial charge in [-0.1, -0.05) is 6.07 Å². The number of aromatic nitrogens is 1. The fraction of sp³-hybridized carbons (Fsp3) is 0.471. The van der Waals surface area contributed by atoms with Gasteiger partial charge in [0.25, 0.3) is 5.91 Å². The van der Waals surface area contributed by atoms with E-state index in [1.165, 1.54) is 4.31 Å². The topological polar surface area (TPSA) is 106 Å². The monoisotopic (exact) mass is 379 g/mol. The summed E-state index contributed by atoms with van der Waals surface area (Å²) in [6, 6.07) is 5.40. The number of hydrogen-bond acceptors (Lipinski definition) is 6. The number of esters is 1. The molecule has 26 heavy (non-hydrogen) atoms. The van der Waals surface area contributed by atoms with E-state index in [1.54, 1.807) is 25.3 Å². The standard InChI is InChI=1S/C17H21N3O5S/c1-12-14(15(21)19-11-13-5-3-4-8-18-13)17(25-16(12)22)6-9-20(10-7-17)26(2,23)24/h3-5,8H,6-7,9-11H2,1-2H3,(H,19,21). The van der Waals surface area contributed by atoms with E-state index in [0.29, 0.717) is 11.3 Å². The molecule has 0 radical (unpaired) electrons. The molecule has 0 saturated carbocycles. The van der Waals surface area contributed by atoms with Gasteiger partial charge in [-0.2, -0.15) is 0 Å². The number of hydrogen-bond donors (Lipinski definition) is 1. The van der Waals surface area contributed by atoms with Crippen LogP contribution in [0.25, 0.3) is 0 Å². The lowest BCUT2D eigenvalue weighted by molar-refractivity contribution is -0.150. The molecule has 0 unspecified atom stereocenters. The zero-order chi connectivity index (χ0) is 18.9. The Morgan fingerprint density at radius 1 is 1.35 bits per heavy atom. The molecule has 3 rings (SSSR count). The van der Waals surface area contributed by atoms with Gasteiger partial charge in [0.15, 0.2) is 0 Å². The van der Waals surface area contributed by atoms with Crippen LogP contribution in [0.15, 0.2) is 35.5 Å². The largest absolute Gasteiger partial charge is 0.450 e. The van der Waals surface area contributed by atoms with Crippen LogP contribution in [0.5, 0.6) is 0 Å². The quantitative estimate of drug-likeness (QED) is 0.758. The van der Waals surface area contributed by atoms with Crippen molar-refractivity contribution in [2.24, 2.45) is 0 Å². The number of amides is 1. The molecule has 0 atom stereocenters. The molecule has 1 spiro atoms. The third-order valence-electron chi connectivity index (χ3n) is 4.81. The second kappa shape index (κ2) is 6.81. The Labute approximate surface area is 152 Å². The van der Waals surface area contributed by atoms with Gasteiger partial charge < -0.3 is 10.1 Å². The Morgan fingerprint density at radius 2 is 2.04 bits per heavy atom. The zero-order valence-corrected chi connectivity index (χ0v) is 15.5. The molecular formula is C17H21N3O5S. The van der Waals surface area contributed by atoms with Crippen molar-refractivity contribution in [3.63, 3.8) is 0 Å². The fourth-order valence-corrected chi connectivity index (χ4v) is 4.26. The number of nitrogens with one attached hydrogen (secondary N) is 1. The van der Waals surface area contributed by atoms with E-state index >= 15 is 0 Å². The molecule has 8 nitrogen and oxygen atoms in total. The van der Waals surface area contributed by atoms with E-state index in [9.17, 15) is 18.0 Å². The number of ether oxygens (including phenoxy) is 1. The smallest absolute Gasteiger partial charge is 0.335 e. The Bertz CT molecular complexity index is 856. The van der Waals surface area contributed by atoms with Gasteiger partial charge >= 0.3 is 5.97 Å². The first-order valence-electron chi connectivity index (χ1n) is 8.31. The first kappa shape index (κ1) is 18.5. The molecule has 1 saturated heterocycles. The predicted octanol–water partition coefficient (Wildman–Crippen LogP) is 0.365. The molecular weight excluding hydrogens is 358 g/mol. The van der Waals surface area contributed by atoms with Gasteiger partial charge in [-0.25, -0.2) is 17.5 Å². The van der Waals surface area contributed by atoms with Crippen LogP contribution < -0.4 is 5.32 Å². The van der Waals surface area contributed by atoms with Crippen molar-refractivity contribution in [3.8, 4) is 0 Å². The lowest BCUT2D eigenvalue weighted by atomic mass is 9.83. The molecule has 1 fully saturated rings. The first-order valence-corrected chi connectivity index (χ1v) is 10.2. The molecule has 1 amide bonds. The third-order valence-corrected chi connectivity index (χ3v) is 6.11. The summed E-state index contributed by atoms with van der Waals surface area (Å²) in [6.45, 7) is 2.21. The summed E-state index contributed by atoms with van der Waals surface area (Å²) in [5, 5.41) is 2.78. The van der Waals surface area contributed by atoms with E-state index in [2.05, 4.69) is 10.3 Å². The van der Waals surface area contributed by atoms with Crippen LogP contribution >= 0.6 is 0 Å². The molecule has 0 aromatic carbocycles. The highest BCUT2D eigenvalue weighted by molar-refractivity contribution is 7.88. The fourth-order valence-electron chi connectivity index (χ4n) is 3.42. The minimum atomic E-state index is -3.32. The van der Waals surface area contributed by atoms with Gasteiger partial charge in [0, 0.05) is 37.7 Å². The lowest BCUT2D eigenvalue weighted by Gasteiger charge is -2.38. The number of piperidine rings is 1. The SMILES string of the molecule is CC1=C(C(=O)NCc2ccccn2)C2(CCN(S(C)(=O)=O)CC2)OC1=O. The Balaban J connectivity index is 1.77. The molecule has 9 heteroatoms. The van der Waals surface area contributed by atoms with E-state index < -0.39 is 21.6 Å². The number of carbonyl (C=O) groups is 2. The van der Waals surface area contributed by atoms with Gasteiger partial charge in [-0.05, 0) is 19.1 Å². The third kappa shape index (κ3) is 3.49. The summed E-state index contributed by atoms with van der Waals surface area (Å²) in [5.41, 5.74) is 0.213. The molecule has 2 aliphatic rings. The highest BCUT2D eigenvalue weighted by atomic mass is 32.2. The van der Waals surface area contributed by atoms with Gasteiger partial charge in [-0.15, -0.1) is 0 Å². The number of nitrogens with zero attached hydrogens (tertiary/aromatic N) is 2. The number of pyridine rings is 1. The molecule has 0 bridgehead atoms. The highest BCUT2D eigenvalue weighted by Gasteiger charge is 2.51. The molecule has 1 N–H and O–H groups in total. The molecule has 1 aromatic heterocycles. The van der Waals surface area contributed by atoms with Crippen molar-refractivity contribution >= 4 is 21.9 Å². The van der Waals surface area contributed by atoms with Crippen LogP contribution in [0, 0.1) is 0 Å². The number of rotatable bonds is 4. The predicted molar refractivity (Wildman–Crippen MR) is 93.3 cm³/mol. The first-order chi connectivity index (χ1) is 12.2. The average molecular weight is 379 g/mol. The zero-order valence-electron chi connectivity index (χ0n) is 14.7. The van der Waals surface area contributed by atoms with Crippen molar-refractivity contribution < 1.29 is 22.7 Å². The summed E-state index contributed by atoms with van der Waals surface area (Å²) in [5.74, 6) is -0.910. The van der Waals surface area contributed by atoms with Crippen molar-refractivity contribution in [2.45, 2.75) is 31.9 Å². The maximum atomic E-state index is 12.8. The molecule has 1 aromatic rings. The molecule has 2 aliphatic heterocycles. The van der Waals surface area contributed by atoms with Gasteiger partial charge in [0.2, 0.25) is 10.0 Å². The van der Waals surface area contributed by atoms with Gasteiger partial charge in [-0.3, -0.25) is 9.78 Å². The molecule has 0 aliphatic carbocycles. The summed E-state index contributed by atoms with van der Waals surface area (Å²) >= 11 is 0. The van der Waals surface area contributed by atoms with E-state index in [4.69, 9.17) is 4.74 Å². The van der Waals surface area contributed by atoms with E-state index in [0.717, 1.165) is 6.26 Å². The van der Waals surface area contributed by atoms with Crippen LogP contribution in [0.1, 0.15) is 25.5 Å². The molecule has 140 valence electrons. The minimum absolute atomic E-state index is 0.205. The van der Waals surface area contributed by atoms with Crippen LogP contribution in [0.4, 0.5) is 0 Å². The summed E-state index contributed by atoms with van der Waals surface area (Å²) in [7, 11) is -3.32. The van der Waals surface area contributed by atoms with Gasteiger partial charge in [0.1, 0.15) is 5.60 Å². The van der Waals surface area contributed by atoms with Crippen molar-refractivity contribution in [1.82, 2.24) is 14.6 Å². The Morgan fingerprint density at radius 3 is 2.62 bits per heavy atom. The van der Waals surface area contributed by atoms with Crippen LogP contribution in [-0.2, 0) is 30.9 Å². The van der Waals surface area contributed by atoms with Gasteiger partial charge in [0.05, 0.1) is 24.1 Å². The minimum Gasteiger partial charge on any atom is -0.450 e. The highest BCUT2D eigenvalue weighted by Crippen LogP contribution is 2.41. The average Bonchev–Trinajstić information content (AvgIpc) is 2.83. The van der Waals surface area contributed by atoms with Crippen LogP contribution in [0.2, 0.25) is 0 Å². The van der Waals surface area contributed by atoms with Crippen molar-refractivity contribution in [3.05, 3.63) is 41.2 Å². The summed E-state index contributed by atoms with van der Waals surface area (Å²) in [6.07, 6.45) is 3.30. The molecule has 3 heterocycles. The summed E-state index contributed by atoms with van der Waals surface area (Å²) in [4.78, 5) is 29.0. The lowest BCUT2D eigenvalue weighted by Crippen LogP contribution is -2.50. The second-order valence-electron chi connectivity index (χ2n) is 6.55. The normalized spacial score (nSPS) is 20.3. The van der Waals surface area contributed by atoms with Crippen LogP contribution in [0.3, 0.4) is 0 Å². The van der Waals surface area contributed by atoms with Crippen molar-refractivity contribution in [2.75, 3.05) is 19.3 Å². The van der Waals surface area contributed by atoms with E-state index in [-0.39, 0.29) is 44.0 Å². The Kier molecular flexibility index (Phi) is 4.85. The van der Waals surface area contributed by atoms with Crippen LogP contribution in [-0.4, -0.2) is 54.5 Å². The number of carbonyl (C=O) groups excluding carboxylic acids is 2. The number of sulfonamides is 1. The second-order valence-corrected chi connectivity index (χ2v) is 8.53. The van der Waals surface area contributed by atoms with E-state index in [1.807, 2.05) is 6.07 Å². The maximum Gasteiger partial charge on any atom is 0.335 e. The maximum absolute atomic E-state index is 12.8. The van der Waals surface area contributed by atoms with Crippen molar-refractivity contribution in [1.29, 1.82) is 0 Å². The Hall–Kier alpha value is -2.26.